The fraction of sp³-hybridized carbons (Fsp3) is 0.207. The van der Waals surface area contributed by atoms with E-state index in [2.05, 4.69) is 20.9 Å². The van der Waals surface area contributed by atoms with Crippen molar-refractivity contribution in [1.82, 2.24) is 4.57 Å². The van der Waals surface area contributed by atoms with E-state index in [1.54, 1.807) is 50.7 Å². The molecule has 3 heterocycles. The molecule has 0 N–H and O–H groups in total. The lowest BCUT2D eigenvalue weighted by molar-refractivity contribution is -0.143. The number of hydrogen-bond acceptors (Lipinski definition) is 7. The van der Waals surface area contributed by atoms with Gasteiger partial charge >= 0.3 is 5.97 Å². The molecule has 1 aliphatic rings. The van der Waals surface area contributed by atoms with Crippen LogP contribution in [0, 0.1) is 0 Å². The molecular weight excluding hydrogens is 568 g/mol. The molecule has 9 heteroatoms. The van der Waals surface area contributed by atoms with E-state index >= 15 is 0 Å². The lowest BCUT2D eigenvalue weighted by Gasteiger charge is -2.25. The topological polar surface area (TPSA) is 83.0 Å². The van der Waals surface area contributed by atoms with Gasteiger partial charge in [0.25, 0.3) is 5.56 Å². The summed E-state index contributed by atoms with van der Waals surface area (Å²) in [5.74, 6) is 1.41. The standard InChI is InChI=1S/C29H25BrN2O5S/c1-16(2)36-28(34)25-17(3)31-29-32(26(25)18-8-10-21(35-4)11-9-18)27(33)24(38-29)15-22-12-13-23(37-22)19-6-5-7-20(30)14-19/h5-16,26H,1-4H3/b24-15-/t26-/m1/s1. The van der Waals surface area contributed by atoms with Gasteiger partial charge in [-0.25, -0.2) is 9.79 Å². The number of rotatable bonds is 6. The number of fused-ring (bicyclic) bond motifs is 1. The average molecular weight is 593 g/mol. The van der Waals surface area contributed by atoms with Crippen LogP contribution in [-0.4, -0.2) is 23.8 Å². The number of furan rings is 1. The normalized spacial score (nSPS) is 15.4. The van der Waals surface area contributed by atoms with Crippen molar-refractivity contribution in [2.45, 2.75) is 32.9 Å². The number of allylic oxidation sites excluding steroid dienone is 1. The molecule has 0 radical (unpaired) electrons. The molecule has 2 aromatic carbocycles. The van der Waals surface area contributed by atoms with Crippen LogP contribution < -0.4 is 19.6 Å². The Hall–Kier alpha value is -3.69. The van der Waals surface area contributed by atoms with E-state index in [0.29, 0.717) is 37.9 Å². The van der Waals surface area contributed by atoms with Crippen molar-refractivity contribution in [1.29, 1.82) is 0 Å². The molecule has 0 amide bonds. The highest BCUT2D eigenvalue weighted by molar-refractivity contribution is 9.10. The van der Waals surface area contributed by atoms with Gasteiger partial charge in [-0.1, -0.05) is 51.5 Å². The summed E-state index contributed by atoms with van der Waals surface area (Å²) in [6.45, 7) is 5.34. The summed E-state index contributed by atoms with van der Waals surface area (Å²) in [6, 6.07) is 18.1. The Kier molecular flexibility index (Phi) is 7.23. The van der Waals surface area contributed by atoms with Crippen LogP contribution in [0.5, 0.6) is 5.75 Å². The van der Waals surface area contributed by atoms with E-state index in [0.717, 1.165) is 15.6 Å². The minimum absolute atomic E-state index is 0.266. The van der Waals surface area contributed by atoms with E-state index in [4.69, 9.17) is 13.9 Å². The lowest BCUT2D eigenvalue weighted by atomic mass is 9.96. The first-order valence-corrected chi connectivity index (χ1v) is 13.6. The van der Waals surface area contributed by atoms with E-state index in [9.17, 15) is 9.59 Å². The fourth-order valence-corrected chi connectivity index (χ4v) is 5.74. The molecule has 4 aromatic rings. The third kappa shape index (κ3) is 5.04. The third-order valence-corrected chi connectivity index (χ3v) is 7.50. The van der Waals surface area contributed by atoms with Crippen LogP contribution >= 0.6 is 27.3 Å². The third-order valence-electron chi connectivity index (χ3n) is 6.03. The fourth-order valence-electron chi connectivity index (χ4n) is 4.32. The number of thiazole rings is 1. The van der Waals surface area contributed by atoms with Crippen molar-refractivity contribution >= 4 is 39.3 Å². The number of methoxy groups -OCH3 is 1. The predicted molar refractivity (Wildman–Crippen MR) is 150 cm³/mol. The zero-order chi connectivity index (χ0) is 27.0. The Labute approximate surface area is 231 Å². The summed E-state index contributed by atoms with van der Waals surface area (Å²) in [5.41, 5.74) is 2.25. The molecule has 0 spiro atoms. The Morgan fingerprint density at radius 2 is 1.92 bits per heavy atom. The van der Waals surface area contributed by atoms with Gasteiger partial charge in [0.05, 0.1) is 35.1 Å². The molecule has 7 nitrogen and oxygen atoms in total. The van der Waals surface area contributed by atoms with Crippen LogP contribution in [0.4, 0.5) is 0 Å². The van der Waals surface area contributed by atoms with Crippen molar-refractivity contribution in [3.63, 3.8) is 0 Å². The molecule has 38 heavy (non-hydrogen) atoms. The quantitative estimate of drug-likeness (QED) is 0.287. The highest BCUT2D eigenvalue weighted by atomic mass is 79.9. The molecule has 1 aliphatic heterocycles. The Morgan fingerprint density at radius 1 is 1.16 bits per heavy atom. The van der Waals surface area contributed by atoms with Crippen molar-refractivity contribution in [3.05, 3.63) is 107 Å². The molecule has 2 aromatic heterocycles. The molecular formula is C29H25BrN2O5S. The molecule has 0 saturated heterocycles. The first-order chi connectivity index (χ1) is 18.2. The van der Waals surface area contributed by atoms with Crippen LogP contribution in [0.2, 0.25) is 0 Å². The van der Waals surface area contributed by atoms with Crippen LogP contribution in [0.15, 0.2) is 90.6 Å². The first kappa shape index (κ1) is 25.9. The second-order valence-electron chi connectivity index (χ2n) is 9.02. The molecule has 1 atom stereocenters. The molecule has 194 valence electrons. The second-order valence-corrected chi connectivity index (χ2v) is 10.9. The van der Waals surface area contributed by atoms with Gasteiger partial charge in [-0.2, -0.15) is 0 Å². The number of ether oxygens (including phenoxy) is 2. The SMILES string of the molecule is COc1ccc([C@@H]2C(C(=O)OC(C)C)=C(C)N=c3s/c(=C\c4ccc(-c5cccc(Br)c5)o4)c(=O)n32)cc1. The van der Waals surface area contributed by atoms with Gasteiger partial charge < -0.3 is 13.9 Å². The molecule has 0 aliphatic carbocycles. The molecule has 0 fully saturated rings. The summed E-state index contributed by atoms with van der Waals surface area (Å²) in [5, 5.41) is 0. The zero-order valence-corrected chi connectivity index (χ0v) is 23.6. The number of aromatic nitrogens is 1. The minimum Gasteiger partial charge on any atom is -0.497 e. The van der Waals surface area contributed by atoms with Gasteiger partial charge in [0, 0.05) is 16.1 Å². The van der Waals surface area contributed by atoms with Crippen molar-refractivity contribution in [2.75, 3.05) is 7.11 Å². The Bertz CT molecular complexity index is 1730. The first-order valence-electron chi connectivity index (χ1n) is 12.0. The monoisotopic (exact) mass is 592 g/mol. The Morgan fingerprint density at radius 3 is 2.61 bits per heavy atom. The number of halogens is 1. The van der Waals surface area contributed by atoms with Crippen molar-refractivity contribution < 1.29 is 18.7 Å². The minimum atomic E-state index is -0.695. The number of carbonyl (C=O) groups is 1. The van der Waals surface area contributed by atoms with Gasteiger partial charge in [-0.15, -0.1) is 0 Å². The highest BCUT2D eigenvalue weighted by Gasteiger charge is 2.33. The lowest BCUT2D eigenvalue weighted by Crippen LogP contribution is -2.40. The van der Waals surface area contributed by atoms with Crippen LogP contribution in [-0.2, 0) is 9.53 Å². The summed E-state index contributed by atoms with van der Waals surface area (Å²) >= 11 is 4.73. The van der Waals surface area contributed by atoms with Gasteiger partial charge in [0.1, 0.15) is 17.3 Å². The van der Waals surface area contributed by atoms with Crippen molar-refractivity contribution in [2.24, 2.45) is 4.99 Å². The van der Waals surface area contributed by atoms with Crippen molar-refractivity contribution in [3.8, 4) is 17.1 Å². The maximum atomic E-state index is 13.8. The number of benzene rings is 2. The van der Waals surface area contributed by atoms with Crippen LogP contribution in [0.3, 0.4) is 0 Å². The number of hydrogen-bond donors (Lipinski definition) is 0. The maximum absolute atomic E-state index is 13.8. The molecule has 0 bridgehead atoms. The van der Waals surface area contributed by atoms with E-state index in [1.807, 2.05) is 48.5 Å². The number of esters is 1. The molecule has 5 rings (SSSR count). The summed E-state index contributed by atoms with van der Waals surface area (Å²) < 4.78 is 19.8. The molecule has 0 unspecified atom stereocenters. The van der Waals surface area contributed by atoms with E-state index < -0.39 is 12.0 Å². The zero-order valence-electron chi connectivity index (χ0n) is 21.2. The van der Waals surface area contributed by atoms with Crippen LogP contribution in [0.1, 0.15) is 38.1 Å². The largest absolute Gasteiger partial charge is 0.497 e. The molecule has 0 saturated carbocycles. The van der Waals surface area contributed by atoms with Gasteiger partial charge in [0.2, 0.25) is 0 Å². The van der Waals surface area contributed by atoms with Crippen LogP contribution in [0.25, 0.3) is 17.4 Å². The highest BCUT2D eigenvalue weighted by Crippen LogP contribution is 2.32. The number of nitrogens with zero attached hydrogens (tertiary/aromatic N) is 2. The van der Waals surface area contributed by atoms with Gasteiger partial charge in [0.15, 0.2) is 4.80 Å². The number of carbonyl (C=O) groups excluding carboxylic acids is 1. The second kappa shape index (κ2) is 10.6. The summed E-state index contributed by atoms with van der Waals surface area (Å²) in [4.78, 5) is 32.1. The van der Waals surface area contributed by atoms with E-state index in [1.165, 1.54) is 11.3 Å². The van der Waals surface area contributed by atoms with Gasteiger partial charge in [-0.3, -0.25) is 9.36 Å². The average Bonchev–Trinajstić information content (AvgIpc) is 3.47. The smallest absolute Gasteiger partial charge is 0.338 e. The maximum Gasteiger partial charge on any atom is 0.338 e. The van der Waals surface area contributed by atoms with Gasteiger partial charge in [-0.05, 0) is 62.7 Å². The van der Waals surface area contributed by atoms with E-state index in [-0.39, 0.29) is 11.7 Å². The predicted octanol–water partition coefficient (Wildman–Crippen LogP) is 5.22. The summed E-state index contributed by atoms with van der Waals surface area (Å²) in [6.07, 6.45) is 1.39. The summed E-state index contributed by atoms with van der Waals surface area (Å²) in [7, 11) is 1.59. The Balaban J connectivity index is 1.63.